The molecule has 0 rings (SSSR count). The number of rotatable bonds is 3. The largest absolute Gasteiger partial charge is 0.347 e. The summed E-state index contributed by atoms with van der Waals surface area (Å²) >= 11 is 0. The Bertz CT molecular complexity index is 189. The number of hydrogen-bond acceptors (Lipinski definition) is 3. The van der Waals surface area contributed by atoms with Crippen molar-refractivity contribution in [1.82, 2.24) is 5.32 Å². The quantitative estimate of drug-likeness (QED) is 0.400. The van der Waals surface area contributed by atoms with Crippen LogP contribution in [0.25, 0.3) is 0 Å². The predicted octanol–water partition coefficient (Wildman–Crippen LogP) is -1.42. The monoisotopic (exact) mass is 182 g/mol. The van der Waals surface area contributed by atoms with Crippen molar-refractivity contribution < 1.29 is 19.1 Å². The Kier molecular flexibility index (Phi) is 3.68. The van der Waals surface area contributed by atoms with Gasteiger partial charge in [0.05, 0.1) is 6.54 Å². The van der Waals surface area contributed by atoms with Gasteiger partial charge in [0.25, 0.3) is 0 Å². The summed E-state index contributed by atoms with van der Waals surface area (Å²) in [5, 5.41) is 2.04. The highest BCUT2D eigenvalue weighted by Gasteiger charge is 2.24. The average molecular weight is 182 g/mol. The second-order valence-corrected chi connectivity index (χ2v) is 3.99. The van der Waals surface area contributed by atoms with Crippen molar-refractivity contribution in [2.75, 3.05) is 6.54 Å². The van der Waals surface area contributed by atoms with Gasteiger partial charge in [0, 0.05) is 0 Å². The molecule has 0 bridgehead atoms. The molecule has 0 aromatic heterocycles. The molecule has 0 aromatic rings. The Morgan fingerprint density at radius 3 is 2.45 bits per heavy atom. The molecule has 0 spiro atoms. The summed E-state index contributed by atoms with van der Waals surface area (Å²) in [6.07, 6.45) is 0. The first kappa shape index (κ1) is 10.6. The minimum atomic E-state index is -4.21. The molecule has 0 saturated heterocycles. The molecule has 0 radical (unpaired) electrons. The SMILES string of the molecule is C[C@H](NC(=O)CN)P(=O)(O)O. The molecule has 0 fully saturated rings. The molecule has 1 amide bonds. The second kappa shape index (κ2) is 3.82. The zero-order valence-electron chi connectivity index (χ0n) is 6.02. The number of nitrogens with one attached hydrogen (secondary N) is 1. The Morgan fingerprint density at radius 1 is 1.73 bits per heavy atom. The summed E-state index contributed by atoms with van der Waals surface area (Å²) in [7, 11) is -4.21. The number of carbonyl (C=O) groups is 1. The van der Waals surface area contributed by atoms with Gasteiger partial charge in [-0.2, -0.15) is 0 Å². The summed E-state index contributed by atoms with van der Waals surface area (Å²) in [6, 6.07) is 0. The molecule has 0 saturated carbocycles. The van der Waals surface area contributed by atoms with Crippen molar-refractivity contribution in [3.05, 3.63) is 0 Å². The van der Waals surface area contributed by atoms with E-state index in [9.17, 15) is 9.36 Å². The van der Waals surface area contributed by atoms with E-state index in [2.05, 4.69) is 0 Å². The maximum absolute atomic E-state index is 10.5. The lowest BCUT2D eigenvalue weighted by atomic mass is 10.6. The fourth-order valence-electron chi connectivity index (χ4n) is 0.376. The van der Waals surface area contributed by atoms with Crippen molar-refractivity contribution >= 4 is 13.5 Å². The van der Waals surface area contributed by atoms with Gasteiger partial charge in [0.15, 0.2) is 0 Å². The average Bonchev–Trinajstić information content (AvgIpc) is 1.85. The van der Waals surface area contributed by atoms with Crippen LogP contribution >= 0.6 is 7.60 Å². The van der Waals surface area contributed by atoms with Crippen LogP contribution in [0.2, 0.25) is 0 Å². The third-order valence-corrected chi connectivity index (χ3v) is 2.20. The van der Waals surface area contributed by atoms with Crippen LogP contribution in [0.3, 0.4) is 0 Å². The van der Waals surface area contributed by atoms with Crippen molar-refractivity contribution in [1.29, 1.82) is 0 Å². The highest BCUT2D eigenvalue weighted by atomic mass is 31.2. The van der Waals surface area contributed by atoms with Crippen LogP contribution < -0.4 is 11.1 Å². The molecule has 11 heavy (non-hydrogen) atoms. The molecule has 0 heterocycles. The van der Waals surface area contributed by atoms with E-state index >= 15 is 0 Å². The van der Waals surface area contributed by atoms with E-state index in [1.807, 2.05) is 5.32 Å². The Morgan fingerprint density at radius 2 is 2.18 bits per heavy atom. The second-order valence-electron chi connectivity index (χ2n) is 2.04. The lowest BCUT2D eigenvalue weighted by molar-refractivity contribution is -0.120. The molecule has 7 heteroatoms. The van der Waals surface area contributed by atoms with Gasteiger partial charge in [-0.15, -0.1) is 0 Å². The van der Waals surface area contributed by atoms with E-state index in [1.165, 1.54) is 6.92 Å². The standard InChI is InChI=1S/C4H11N2O4P/c1-3(11(8,9)10)6-4(7)2-5/h3H,2,5H2,1H3,(H,6,7)(H2,8,9,10)/t3-/m1/s1. The molecule has 1 atom stereocenters. The lowest BCUT2D eigenvalue weighted by Gasteiger charge is -2.13. The normalized spacial score (nSPS) is 14.2. The first-order valence-electron chi connectivity index (χ1n) is 2.92. The van der Waals surface area contributed by atoms with E-state index in [0.717, 1.165) is 0 Å². The van der Waals surface area contributed by atoms with Crippen LogP contribution in [-0.4, -0.2) is 28.0 Å². The van der Waals surface area contributed by atoms with E-state index < -0.39 is 19.3 Å². The van der Waals surface area contributed by atoms with Crippen LogP contribution in [0.1, 0.15) is 6.92 Å². The maximum atomic E-state index is 10.5. The lowest BCUT2D eigenvalue weighted by Crippen LogP contribution is -2.36. The van der Waals surface area contributed by atoms with Gasteiger partial charge in [-0.25, -0.2) is 0 Å². The summed E-state index contributed by atoms with van der Waals surface area (Å²) in [4.78, 5) is 27.5. The number of amides is 1. The van der Waals surface area contributed by atoms with Gasteiger partial charge >= 0.3 is 7.60 Å². The van der Waals surface area contributed by atoms with Gasteiger partial charge in [-0.05, 0) is 6.92 Å². The zero-order chi connectivity index (χ0) is 9.07. The summed E-state index contributed by atoms with van der Waals surface area (Å²) in [6.45, 7) is 0.943. The van der Waals surface area contributed by atoms with E-state index in [0.29, 0.717) is 0 Å². The van der Waals surface area contributed by atoms with Crippen molar-refractivity contribution in [2.45, 2.75) is 12.7 Å². The molecule has 0 unspecified atom stereocenters. The highest BCUT2D eigenvalue weighted by Crippen LogP contribution is 2.38. The topological polar surface area (TPSA) is 113 Å². The fraction of sp³-hybridized carbons (Fsp3) is 0.750. The van der Waals surface area contributed by atoms with Gasteiger partial charge in [0.1, 0.15) is 5.78 Å². The minimum Gasteiger partial charge on any atom is -0.341 e. The number of carbonyl (C=O) groups excluding carboxylic acids is 1. The molecule has 0 aliphatic rings. The summed E-state index contributed by atoms with van der Waals surface area (Å²) in [5.41, 5.74) is 4.90. The zero-order valence-corrected chi connectivity index (χ0v) is 6.91. The highest BCUT2D eigenvalue weighted by molar-refractivity contribution is 7.52. The molecule has 6 nitrogen and oxygen atoms in total. The van der Waals surface area contributed by atoms with E-state index in [1.54, 1.807) is 0 Å². The molecular weight excluding hydrogens is 171 g/mol. The molecular formula is C4H11N2O4P. The first-order valence-corrected chi connectivity index (χ1v) is 4.60. The van der Waals surface area contributed by atoms with Crippen molar-refractivity contribution in [2.24, 2.45) is 5.73 Å². The summed E-state index contributed by atoms with van der Waals surface area (Å²) < 4.78 is 10.4. The van der Waals surface area contributed by atoms with Crippen molar-refractivity contribution in [3.8, 4) is 0 Å². The van der Waals surface area contributed by atoms with E-state index in [-0.39, 0.29) is 6.54 Å². The number of hydrogen-bond donors (Lipinski definition) is 4. The molecule has 66 valence electrons. The Balaban J connectivity index is 3.98. The molecule has 5 N–H and O–H groups in total. The smallest absolute Gasteiger partial charge is 0.341 e. The van der Waals surface area contributed by atoms with Crippen LogP contribution in [-0.2, 0) is 9.36 Å². The van der Waals surface area contributed by atoms with Gasteiger partial charge in [-0.3, -0.25) is 9.36 Å². The predicted molar refractivity (Wildman–Crippen MR) is 38.7 cm³/mol. The van der Waals surface area contributed by atoms with Gasteiger partial charge in [-0.1, -0.05) is 0 Å². The van der Waals surface area contributed by atoms with Gasteiger partial charge < -0.3 is 20.8 Å². The molecule has 0 aliphatic carbocycles. The number of nitrogens with two attached hydrogens (primary N) is 1. The van der Waals surface area contributed by atoms with Crippen LogP contribution in [0, 0.1) is 0 Å². The molecule has 0 aromatic carbocycles. The van der Waals surface area contributed by atoms with Crippen LogP contribution in [0.5, 0.6) is 0 Å². The maximum Gasteiger partial charge on any atom is 0.347 e. The fourth-order valence-corrected chi connectivity index (χ4v) is 0.688. The Labute approximate surface area is 63.9 Å². The van der Waals surface area contributed by atoms with Crippen molar-refractivity contribution in [3.63, 3.8) is 0 Å². The summed E-state index contributed by atoms with van der Waals surface area (Å²) in [5.74, 6) is -1.75. The van der Waals surface area contributed by atoms with Crippen LogP contribution in [0.4, 0.5) is 0 Å². The van der Waals surface area contributed by atoms with Gasteiger partial charge in [0.2, 0.25) is 5.91 Å². The van der Waals surface area contributed by atoms with E-state index in [4.69, 9.17) is 15.5 Å². The van der Waals surface area contributed by atoms with Crippen LogP contribution in [0.15, 0.2) is 0 Å². The first-order chi connectivity index (χ1) is 4.88. The Hall–Kier alpha value is -0.420. The third kappa shape index (κ3) is 4.10. The third-order valence-electron chi connectivity index (χ3n) is 1.06. The molecule has 0 aliphatic heterocycles. The minimum absolute atomic E-state index is 0.273.